The molecule has 0 aliphatic heterocycles. The molecule has 1 aromatic heterocycles. The second-order valence-corrected chi connectivity index (χ2v) is 5.52. The lowest BCUT2D eigenvalue weighted by Crippen LogP contribution is -2.12. The number of hydrogen-bond donors (Lipinski definition) is 2. The summed E-state index contributed by atoms with van der Waals surface area (Å²) in [5, 5.41) is 3.80. The maximum Gasteiger partial charge on any atom is 0.255 e. The molecule has 4 nitrogen and oxygen atoms in total. The van der Waals surface area contributed by atoms with Crippen molar-refractivity contribution in [2.24, 2.45) is 0 Å². The molecule has 0 saturated carbocycles. The predicted octanol–water partition coefficient (Wildman–Crippen LogP) is 3.83. The molecule has 0 bridgehead atoms. The number of benzene rings is 2. The fourth-order valence-electron chi connectivity index (χ4n) is 2.15. The van der Waals surface area contributed by atoms with Gasteiger partial charge >= 0.3 is 0 Å². The van der Waals surface area contributed by atoms with Gasteiger partial charge in [-0.1, -0.05) is 22.0 Å². The molecule has 3 N–H and O–H groups in total. The van der Waals surface area contributed by atoms with Crippen molar-refractivity contribution in [3.8, 4) is 0 Å². The van der Waals surface area contributed by atoms with E-state index < -0.39 is 0 Å². The van der Waals surface area contributed by atoms with Crippen molar-refractivity contribution in [3.05, 3.63) is 64.8 Å². The third-order valence-corrected chi connectivity index (χ3v) is 3.53. The van der Waals surface area contributed by atoms with Gasteiger partial charge in [0.15, 0.2) is 0 Å². The molecule has 0 fully saturated rings. The lowest BCUT2D eigenvalue weighted by molar-refractivity contribution is 0.102. The highest BCUT2D eigenvalue weighted by molar-refractivity contribution is 9.10. The maximum absolute atomic E-state index is 12.4. The van der Waals surface area contributed by atoms with E-state index in [0.717, 1.165) is 21.1 Å². The number of fused-ring (bicyclic) bond motifs is 1. The van der Waals surface area contributed by atoms with E-state index in [0.29, 0.717) is 11.3 Å². The van der Waals surface area contributed by atoms with Crippen LogP contribution in [0, 0.1) is 0 Å². The second-order valence-electron chi connectivity index (χ2n) is 4.60. The molecule has 1 amide bonds. The molecule has 0 saturated heterocycles. The van der Waals surface area contributed by atoms with Gasteiger partial charge in [0.2, 0.25) is 0 Å². The molecule has 3 aromatic rings. The Balaban J connectivity index is 1.96. The van der Waals surface area contributed by atoms with Gasteiger partial charge in [-0.15, -0.1) is 0 Å². The average molecular weight is 342 g/mol. The van der Waals surface area contributed by atoms with Crippen molar-refractivity contribution >= 4 is 44.1 Å². The van der Waals surface area contributed by atoms with Crippen molar-refractivity contribution in [3.63, 3.8) is 0 Å². The van der Waals surface area contributed by atoms with Crippen LogP contribution in [0.1, 0.15) is 10.4 Å². The van der Waals surface area contributed by atoms with Gasteiger partial charge < -0.3 is 11.1 Å². The van der Waals surface area contributed by atoms with Crippen molar-refractivity contribution in [2.75, 3.05) is 11.1 Å². The zero-order valence-corrected chi connectivity index (χ0v) is 12.6. The molecular weight excluding hydrogens is 330 g/mol. The minimum absolute atomic E-state index is 0.209. The monoisotopic (exact) mass is 341 g/mol. The normalized spacial score (nSPS) is 10.5. The molecular formula is C16H12BrN3O. The highest BCUT2D eigenvalue weighted by Crippen LogP contribution is 2.23. The van der Waals surface area contributed by atoms with Crippen LogP contribution in [0.25, 0.3) is 10.9 Å². The molecule has 0 atom stereocenters. The molecule has 0 spiro atoms. The highest BCUT2D eigenvalue weighted by Gasteiger charge is 2.10. The number of nitrogen functional groups attached to an aromatic ring is 1. The maximum atomic E-state index is 12.4. The van der Waals surface area contributed by atoms with Gasteiger partial charge in [0.1, 0.15) is 0 Å². The third kappa shape index (κ3) is 2.87. The number of aromatic nitrogens is 1. The first-order chi connectivity index (χ1) is 10.1. The van der Waals surface area contributed by atoms with E-state index in [4.69, 9.17) is 5.73 Å². The van der Waals surface area contributed by atoms with Crippen LogP contribution >= 0.6 is 15.9 Å². The lowest BCUT2D eigenvalue weighted by atomic mass is 10.1. The van der Waals surface area contributed by atoms with E-state index >= 15 is 0 Å². The predicted molar refractivity (Wildman–Crippen MR) is 88.3 cm³/mol. The molecule has 2 aromatic carbocycles. The van der Waals surface area contributed by atoms with Crippen LogP contribution in [0.15, 0.2) is 59.2 Å². The summed E-state index contributed by atoms with van der Waals surface area (Å²) in [4.78, 5) is 16.6. The molecule has 21 heavy (non-hydrogen) atoms. The van der Waals surface area contributed by atoms with Gasteiger partial charge in [-0.3, -0.25) is 9.78 Å². The van der Waals surface area contributed by atoms with Crippen molar-refractivity contribution < 1.29 is 4.79 Å². The number of nitrogens with zero attached hydrogens (tertiary/aromatic N) is 1. The summed E-state index contributed by atoms with van der Waals surface area (Å²) in [5.74, 6) is -0.209. The van der Waals surface area contributed by atoms with Crippen LogP contribution in [0.5, 0.6) is 0 Å². The lowest BCUT2D eigenvalue weighted by Gasteiger charge is -2.09. The summed E-state index contributed by atoms with van der Waals surface area (Å²) in [6.07, 6.45) is 1.73. The van der Waals surface area contributed by atoms with Gasteiger partial charge in [0, 0.05) is 27.3 Å². The Hall–Kier alpha value is -2.40. The fraction of sp³-hybridized carbons (Fsp3) is 0. The molecule has 0 aliphatic rings. The Labute approximate surface area is 130 Å². The zero-order valence-electron chi connectivity index (χ0n) is 11.0. The van der Waals surface area contributed by atoms with Crippen LogP contribution in [-0.4, -0.2) is 10.9 Å². The highest BCUT2D eigenvalue weighted by atomic mass is 79.9. The Morgan fingerprint density at radius 1 is 1.14 bits per heavy atom. The minimum Gasteiger partial charge on any atom is -0.399 e. The van der Waals surface area contributed by atoms with E-state index in [-0.39, 0.29) is 5.91 Å². The molecule has 0 unspecified atom stereocenters. The van der Waals surface area contributed by atoms with Crippen LogP contribution in [0.3, 0.4) is 0 Å². The van der Waals surface area contributed by atoms with Crippen molar-refractivity contribution in [1.29, 1.82) is 0 Å². The molecule has 5 heteroatoms. The van der Waals surface area contributed by atoms with Gasteiger partial charge in [-0.05, 0) is 42.5 Å². The summed E-state index contributed by atoms with van der Waals surface area (Å²) in [5.41, 5.74) is 8.36. The Kier molecular flexibility index (Phi) is 3.58. The van der Waals surface area contributed by atoms with E-state index in [2.05, 4.69) is 26.2 Å². The van der Waals surface area contributed by atoms with Crippen LogP contribution < -0.4 is 11.1 Å². The summed E-state index contributed by atoms with van der Waals surface area (Å²) in [6, 6.07) is 14.5. The number of amides is 1. The number of nitrogens with two attached hydrogens (primary N) is 1. The van der Waals surface area contributed by atoms with Crippen molar-refractivity contribution in [1.82, 2.24) is 4.98 Å². The van der Waals surface area contributed by atoms with E-state index in [9.17, 15) is 4.79 Å². The largest absolute Gasteiger partial charge is 0.399 e. The summed E-state index contributed by atoms with van der Waals surface area (Å²) >= 11 is 3.34. The Morgan fingerprint density at radius 3 is 2.81 bits per heavy atom. The average Bonchev–Trinajstić information content (AvgIpc) is 2.46. The number of halogens is 1. The first-order valence-electron chi connectivity index (χ1n) is 6.34. The van der Waals surface area contributed by atoms with Crippen molar-refractivity contribution in [2.45, 2.75) is 0 Å². The van der Waals surface area contributed by atoms with Crippen LogP contribution in [-0.2, 0) is 0 Å². The number of hydrogen-bond acceptors (Lipinski definition) is 3. The van der Waals surface area contributed by atoms with E-state index in [1.807, 2.05) is 30.3 Å². The summed E-state index contributed by atoms with van der Waals surface area (Å²) < 4.78 is 0.771. The second kappa shape index (κ2) is 5.54. The summed E-state index contributed by atoms with van der Waals surface area (Å²) in [7, 11) is 0. The molecule has 104 valence electrons. The smallest absolute Gasteiger partial charge is 0.255 e. The van der Waals surface area contributed by atoms with E-state index in [1.165, 1.54) is 0 Å². The van der Waals surface area contributed by atoms with Gasteiger partial charge in [-0.25, -0.2) is 0 Å². The first kappa shape index (κ1) is 13.6. The number of carbonyl (C=O) groups is 1. The standard InChI is InChI=1S/C16H12BrN3O/c17-11-7-10(8-12(18)9-11)16(21)20-15-5-1-4-14-13(15)3-2-6-19-14/h1-9H,18H2,(H,20,21). The van der Waals surface area contributed by atoms with E-state index in [1.54, 1.807) is 24.4 Å². The van der Waals surface area contributed by atoms with Gasteiger partial charge in [0.05, 0.1) is 11.2 Å². The van der Waals surface area contributed by atoms with Gasteiger partial charge in [-0.2, -0.15) is 0 Å². The number of pyridine rings is 1. The summed E-state index contributed by atoms with van der Waals surface area (Å²) in [6.45, 7) is 0. The number of nitrogens with one attached hydrogen (secondary N) is 1. The molecule has 0 aliphatic carbocycles. The first-order valence-corrected chi connectivity index (χ1v) is 7.14. The number of anilines is 2. The third-order valence-electron chi connectivity index (χ3n) is 3.08. The number of rotatable bonds is 2. The SMILES string of the molecule is Nc1cc(Br)cc(C(=O)Nc2cccc3ncccc23)c1. The molecule has 1 heterocycles. The Bertz CT molecular complexity index is 807. The van der Waals surface area contributed by atoms with Crippen LogP contribution in [0.2, 0.25) is 0 Å². The van der Waals surface area contributed by atoms with Gasteiger partial charge in [0.25, 0.3) is 5.91 Å². The minimum atomic E-state index is -0.209. The quantitative estimate of drug-likeness (QED) is 0.696. The fourth-order valence-corrected chi connectivity index (χ4v) is 2.66. The topological polar surface area (TPSA) is 68.0 Å². The number of carbonyl (C=O) groups excluding carboxylic acids is 1. The molecule has 3 rings (SSSR count). The van der Waals surface area contributed by atoms with Crippen LogP contribution in [0.4, 0.5) is 11.4 Å². The molecule has 0 radical (unpaired) electrons. The zero-order chi connectivity index (χ0) is 14.8. The Morgan fingerprint density at radius 2 is 2.00 bits per heavy atom.